The molecule has 0 heterocycles. The first kappa shape index (κ1) is 16.7. The van der Waals surface area contributed by atoms with E-state index >= 15 is 0 Å². The molecule has 1 atom stereocenters. The minimum atomic E-state index is -1.45. The highest BCUT2D eigenvalue weighted by molar-refractivity contribution is 6.77. The summed E-state index contributed by atoms with van der Waals surface area (Å²) in [4.78, 5) is 11.3. The van der Waals surface area contributed by atoms with Gasteiger partial charge >= 0.3 is 0 Å². The van der Waals surface area contributed by atoms with Crippen molar-refractivity contribution >= 4 is 14.0 Å². The minimum absolute atomic E-state index is 0.0324. The molecule has 0 aliphatic carbocycles. The summed E-state index contributed by atoms with van der Waals surface area (Å²) in [6.45, 7) is 9.42. The van der Waals surface area contributed by atoms with Gasteiger partial charge in [-0.25, -0.2) is 0 Å². The van der Waals surface area contributed by atoms with Gasteiger partial charge in [0, 0.05) is 18.7 Å². The number of amides is 1. The predicted molar refractivity (Wildman–Crippen MR) is 83.8 cm³/mol. The number of ether oxygens (including phenoxy) is 1. The highest BCUT2D eigenvalue weighted by Gasteiger charge is 2.27. The van der Waals surface area contributed by atoms with Gasteiger partial charge < -0.3 is 15.2 Å². The van der Waals surface area contributed by atoms with Crippen molar-refractivity contribution in [2.45, 2.75) is 32.1 Å². The third-order valence-electron chi connectivity index (χ3n) is 3.25. The summed E-state index contributed by atoms with van der Waals surface area (Å²) in [5.41, 5.74) is 1.36. The summed E-state index contributed by atoms with van der Waals surface area (Å²) < 4.78 is 5.41. The van der Waals surface area contributed by atoms with Crippen LogP contribution in [0.25, 0.3) is 0 Å². The molecule has 1 unspecified atom stereocenters. The molecule has 5 heteroatoms. The van der Waals surface area contributed by atoms with Crippen LogP contribution in [0.2, 0.25) is 19.6 Å². The van der Waals surface area contributed by atoms with Crippen LogP contribution in [0.4, 0.5) is 0 Å². The number of carbonyl (C=O) groups excluding carboxylic acids is 1. The fraction of sp³-hybridized carbons (Fsp3) is 0.533. The zero-order chi connectivity index (χ0) is 15.2. The quantitative estimate of drug-likeness (QED) is 0.758. The first-order valence-electron chi connectivity index (χ1n) is 6.98. The molecule has 2 N–H and O–H groups in total. The Morgan fingerprint density at radius 1 is 1.30 bits per heavy atom. The van der Waals surface area contributed by atoms with Crippen LogP contribution in [-0.4, -0.2) is 38.8 Å². The second-order valence-corrected chi connectivity index (χ2v) is 11.3. The van der Waals surface area contributed by atoms with Gasteiger partial charge in [0.2, 0.25) is 0 Å². The fourth-order valence-electron chi connectivity index (χ4n) is 2.07. The highest BCUT2D eigenvalue weighted by atomic mass is 28.3. The van der Waals surface area contributed by atoms with Gasteiger partial charge in [-0.05, 0) is 24.6 Å². The molecule has 112 valence electrons. The van der Waals surface area contributed by atoms with Crippen molar-refractivity contribution in [3.05, 3.63) is 29.8 Å². The lowest BCUT2D eigenvalue weighted by Crippen LogP contribution is -2.33. The van der Waals surface area contributed by atoms with Gasteiger partial charge in [-0.1, -0.05) is 31.8 Å². The van der Waals surface area contributed by atoms with Crippen LogP contribution in [-0.2, 0) is 4.79 Å². The van der Waals surface area contributed by atoms with E-state index in [1.54, 1.807) is 0 Å². The normalized spacial score (nSPS) is 12.8. The number of aliphatic hydroxyl groups excluding tert-OH is 1. The molecule has 4 nitrogen and oxygen atoms in total. The van der Waals surface area contributed by atoms with E-state index in [-0.39, 0.29) is 24.7 Å². The molecule has 0 spiro atoms. The molecule has 0 aromatic heterocycles. The van der Waals surface area contributed by atoms with Gasteiger partial charge in [-0.15, -0.1) is 0 Å². The fourth-order valence-corrected chi connectivity index (χ4v) is 3.81. The van der Waals surface area contributed by atoms with Crippen molar-refractivity contribution in [1.82, 2.24) is 5.32 Å². The van der Waals surface area contributed by atoms with E-state index in [9.17, 15) is 9.90 Å². The summed E-state index contributed by atoms with van der Waals surface area (Å²) in [5.74, 6) is 0.555. The number of carbonyl (C=O) groups is 1. The van der Waals surface area contributed by atoms with Crippen LogP contribution >= 0.6 is 0 Å². The van der Waals surface area contributed by atoms with E-state index in [2.05, 4.69) is 25.0 Å². The number of benzene rings is 1. The number of likely N-dealkylation sites (N-methyl/N-ethyl adjacent to an activating group) is 1. The molecule has 0 saturated heterocycles. The largest absolute Gasteiger partial charge is 0.484 e. The van der Waals surface area contributed by atoms with Gasteiger partial charge in [0.05, 0.1) is 8.07 Å². The summed E-state index contributed by atoms with van der Waals surface area (Å²) in [6, 6.07) is 7.67. The first-order chi connectivity index (χ1) is 9.38. The molecule has 20 heavy (non-hydrogen) atoms. The van der Waals surface area contributed by atoms with Gasteiger partial charge in [-0.2, -0.15) is 0 Å². The maximum Gasteiger partial charge on any atom is 0.257 e. The van der Waals surface area contributed by atoms with Crippen molar-refractivity contribution in [2.24, 2.45) is 0 Å². The summed E-state index contributed by atoms with van der Waals surface area (Å²) >= 11 is 0. The molecule has 0 aliphatic heterocycles. The van der Waals surface area contributed by atoms with Crippen molar-refractivity contribution in [1.29, 1.82) is 0 Å². The SMILES string of the molecule is CCNC(=O)COc1ccc(C(CO)[Si](C)(C)C)cc1. The minimum Gasteiger partial charge on any atom is -0.484 e. The van der Waals surface area contributed by atoms with E-state index in [1.165, 1.54) is 0 Å². The third kappa shape index (κ3) is 4.98. The van der Waals surface area contributed by atoms with Crippen molar-refractivity contribution in [2.75, 3.05) is 19.8 Å². The molecule has 0 aliphatic rings. The zero-order valence-electron chi connectivity index (χ0n) is 12.8. The predicted octanol–water partition coefficient (Wildman–Crippen LogP) is 2.15. The number of nitrogens with one attached hydrogen (secondary N) is 1. The van der Waals surface area contributed by atoms with E-state index in [0.29, 0.717) is 12.3 Å². The van der Waals surface area contributed by atoms with Gasteiger partial charge in [0.1, 0.15) is 5.75 Å². The van der Waals surface area contributed by atoms with Crippen LogP contribution < -0.4 is 10.1 Å². The van der Waals surface area contributed by atoms with Gasteiger partial charge in [0.15, 0.2) is 6.61 Å². The molecule has 0 radical (unpaired) electrons. The van der Waals surface area contributed by atoms with E-state index in [1.807, 2.05) is 31.2 Å². The zero-order valence-corrected chi connectivity index (χ0v) is 13.8. The lowest BCUT2D eigenvalue weighted by atomic mass is 10.1. The Morgan fingerprint density at radius 2 is 1.90 bits per heavy atom. The van der Waals surface area contributed by atoms with Crippen LogP contribution in [0.5, 0.6) is 5.75 Å². The Bertz CT molecular complexity index is 426. The lowest BCUT2D eigenvalue weighted by Gasteiger charge is -2.27. The van der Waals surface area contributed by atoms with Crippen LogP contribution in [0.1, 0.15) is 18.0 Å². The molecule has 0 saturated carbocycles. The van der Waals surface area contributed by atoms with Crippen LogP contribution in [0, 0.1) is 0 Å². The molecule has 0 bridgehead atoms. The topological polar surface area (TPSA) is 58.6 Å². The smallest absolute Gasteiger partial charge is 0.257 e. The lowest BCUT2D eigenvalue weighted by molar-refractivity contribution is -0.122. The molecular weight excluding hydrogens is 270 g/mol. The maximum atomic E-state index is 11.3. The van der Waals surface area contributed by atoms with Crippen molar-refractivity contribution in [3.8, 4) is 5.75 Å². The standard InChI is InChI=1S/C15H25NO3Si/c1-5-16-15(18)11-19-13-8-6-12(7-9-13)14(10-17)20(2,3)4/h6-9,14,17H,5,10-11H2,1-4H3,(H,16,18). The number of rotatable bonds is 7. The van der Waals surface area contributed by atoms with Crippen LogP contribution in [0.3, 0.4) is 0 Å². The Hall–Kier alpha value is -1.33. The summed E-state index contributed by atoms with van der Waals surface area (Å²) in [6.07, 6.45) is 0. The van der Waals surface area contributed by atoms with E-state index in [0.717, 1.165) is 5.56 Å². The van der Waals surface area contributed by atoms with Crippen LogP contribution in [0.15, 0.2) is 24.3 Å². The second kappa shape index (κ2) is 7.45. The van der Waals surface area contributed by atoms with Gasteiger partial charge in [-0.3, -0.25) is 4.79 Å². The molecular formula is C15H25NO3Si. The summed E-state index contributed by atoms with van der Waals surface area (Å²) in [5, 5.41) is 12.3. The Labute approximate surface area is 122 Å². The molecule has 1 rings (SSSR count). The molecule has 1 aromatic rings. The average Bonchev–Trinajstić information content (AvgIpc) is 2.37. The average molecular weight is 295 g/mol. The monoisotopic (exact) mass is 295 g/mol. The molecule has 0 fully saturated rings. The third-order valence-corrected chi connectivity index (χ3v) is 5.86. The summed E-state index contributed by atoms with van der Waals surface area (Å²) in [7, 11) is -1.45. The second-order valence-electron chi connectivity index (χ2n) is 5.91. The van der Waals surface area contributed by atoms with Gasteiger partial charge in [0.25, 0.3) is 5.91 Å². The van der Waals surface area contributed by atoms with Crippen molar-refractivity contribution < 1.29 is 14.6 Å². The molecule has 1 aromatic carbocycles. The van der Waals surface area contributed by atoms with Crippen molar-refractivity contribution in [3.63, 3.8) is 0 Å². The number of hydrogen-bond donors (Lipinski definition) is 2. The Balaban J connectivity index is 2.66. The molecule has 1 amide bonds. The van der Waals surface area contributed by atoms with E-state index < -0.39 is 8.07 Å². The first-order valence-corrected chi connectivity index (χ1v) is 10.6. The maximum absolute atomic E-state index is 11.3. The number of aliphatic hydroxyl groups is 1. The highest BCUT2D eigenvalue weighted by Crippen LogP contribution is 2.27. The number of hydrogen-bond acceptors (Lipinski definition) is 3. The Morgan fingerprint density at radius 3 is 2.35 bits per heavy atom. The van der Waals surface area contributed by atoms with E-state index in [4.69, 9.17) is 4.74 Å². The Kier molecular flexibility index (Phi) is 6.23.